The first-order valence-electron chi connectivity index (χ1n) is 5.72. The van der Waals surface area contributed by atoms with Gasteiger partial charge in [-0.2, -0.15) is 5.10 Å². The monoisotopic (exact) mass is 263 g/mol. The Hall–Kier alpha value is -1.46. The summed E-state index contributed by atoms with van der Waals surface area (Å²) in [5, 5.41) is 4.37. The topological polar surface area (TPSA) is 53.1 Å². The molecule has 0 saturated heterocycles. The molecule has 2 N–H and O–H groups in total. The van der Waals surface area contributed by atoms with E-state index in [1.54, 1.807) is 23.6 Å². The Morgan fingerprint density at radius 1 is 1.50 bits per heavy atom. The Bertz CT molecular complexity index is 512. The van der Waals surface area contributed by atoms with Crippen LogP contribution in [0.2, 0.25) is 0 Å². The summed E-state index contributed by atoms with van der Waals surface area (Å²) in [6, 6.07) is 8.02. The summed E-state index contributed by atoms with van der Waals surface area (Å²) in [7, 11) is 3.58. The first-order chi connectivity index (χ1) is 8.72. The normalized spacial score (nSPS) is 12.4. The van der Waals surface area contributed by atoms with E-state index in [2.05, 4.69) is 11.2 Å². The van der Waals surface area contributed by atoms with Gasteiger partial charge in [0, 0.05) is 29.9 Å². The molecule has 0 aliphatic carbocycles. The van der Waals surface area contributed by atoms with Gasteiger partial charge < -0.3 is 10.5 Å². The van der Waals surface area contributed by atoms with Gasteiger partial charge in [-0.05, 0) is 17.7 Å². The maximum atomic E-state index is 5.86. The molecule has 96 valence electrons. The molecule has 0 amide bonds. The van der Waals surface area contributed by atoms with Gasteiger partial charge in [-0.1, -0.05) is 12.1 Å². The average Bonchev–Trinajstić information content (AvgIpc) is 2.81. The number of hydrogen-bond acceptors (Lipinski definition) is 4. The Labute approximate surface area is 111 Å². The van der Waals surface area contributed by atoms with Crippen LogP contribution in [-0.2, 0) is 7.05 Å². The van der Waals surface area contributed by atoms with E-state index in [-0.39, 0.29) is 5.25 Å². The van der Waals surface area contributed by atoms with Gasteiger partial charge in [0.15, 0.2) is 0 Å². The lowest BCUT2D eigenvalue weighted by Gasteiger charge is -2.14. The molecule has 0 fully saturated rings. The van der Waals surface area contributed by atoms with E-state index in [1.807, 2.05) is 37.6 Å². The Morgan fingerprint density at radius 2 is 2.33 bits per heavy atom. The van der Waals surface area contributed by atoms with Crippen molar-refractivity contribution in [3.05, 3.63) is 42.2 Å². The van der Waals surface area contributed by atoms with Gasteiger partial charge in [0.05, 0.1) is 13.3 Å². The third-order valence-corrected chi connectivity index (χ3v) is 3.87. The van der Waals surface area contributed by atoms with Crippen molar-refractivity contribution in [3.63, 3.8) is 0 Å². The highest BCUT2D eigenvalue weighted by atomic mass is 32.2. The van der Waals surface area contributed by atoms with Crippen molar-refractivity contribution in [2.24, 2.45) is 12.8 Å². The van der Waals surface area contributed by atoms with E-state index in [0.717, 1.165) is 10.6 Å². The van der Waals surface area contributed by atoms with Crippen LogP contribution in [0.5, 0.6) is 5.75 Å². The highest BCUT2D eigenvalue weighted by Gasteiger charge is 2.13. The largest absolute Gasteiger partial charge is 0.497 e. The Kier molecular flexibility index (Phi) is 4.28. The molecule has 5 heteroatoms. The van der Waals surface area contributed by atoms with Gasteiger partial charge >= 0.3 is 0 Å². The van der Waals surface area contributed by atoms with Crippen molar-refractivity contribution in [2.75, 3.05) is 13.7 Å². The van der Waals surface area contributed by atoms with E-state index in [4.69, 9.17) is 10.5 Å². The minimum Gasteiger partial charge on any atom is -0.497 e. The van der Waals surface area contributed by atoms with Crippen LogP contribution in [-0.4, -0.2) is 23.4 Å². The number of aryl methyl sites for hydroxylation is 1. The fraction of sp³-hybridized carbons (Fsp3) is 0.308. The molecule has 0 saturated carbocycles. The first kappa shape index (κ1) is 13.0. The van der Waals surface area contributed by atoms with Gasteiger partial charge in [-0.15, -0.1) is 11.8 Å². The van der Waals surface area contributed by atoms with E-state index in [9.17, 15) is 0 Å². The number of methoxy groups -OCH3 is 1. The van der Waals surface area contributed by atoms with E-state index in [1.165, 1.54) is 5.56 Å². The average molecular weight is 263 g/mol. The number of aromatic nitrogens is 2. The van der Waals surface area contributed by atoms with Crippen molar-refractivity contribution in [2.45, 2.75) is 10.1 Å². The second-order valence-electron chi connectivity index (χ2n) is 3.97. The highest BCUT2D eigenvalue weighted by Crippen LogP contribution is 2.35. The second-order valence-corrected chi connectivity index (χ2v) is 5.24. The minimum absolute atomic E-state index is 0.212. The number of benzene rings is 1. The van der Waals surface area contributed by atoms with E-state index >= 15 is 0 Å². The summed E-state index contributed by atoms with van der Waals surface area (Å²) in [6.07, 6.45) is 3.85. The maximum absolute atomic E-state index is 5.86. The highest BCUT2D eigenvalue weighted by molar-refractivity contribution is 7.99. The van der Waals surface area contributed by atoms with Gasteiger partial charge in [0.2, 0.25) is 0 Å². The lowest BCUT2D eigenvalue weighted by molar-refractivity contribution is 0.414. The maximum Gasteiger partial charge on any atom is 0.119 e. The van der Waals surface area contributed by atoms with Crippen LogP contribution < -0.4 is 10.5 Å². The van der Waals surface area contributed by atoms with Gasteiger partial charge in [0.1, 0.15) is 5.75 Å². The zero-order valence-electron chi connectivity index (χ0n) is 10.5. The molecule has 0 radical (unpaired) electrons. The molecule has 2 rings (SSSR count). The smallest absolute Gasteiger partial charge is 0.119 e. The lowest BCUT2D eigenvalue weighted by Crippen LogP contribution is -2.09. The molecule has 1 unspecified atom stereocenters. The SMILES string of the molecule is COc1cccc(C(CN)Sc2cnn(C)c2)c1. The third-order valence-electron chi connectivity index (χ3n) is 2.64. The third kappa shape index (κ3) is 3.05. The van der Waals surface area contributed by atoms with Crippen LogP contribution >= 0.6 is 11.8 Å². The van der Waals surface area contributed by atoms with Gasteiger partial charge in [0.25, 0.3) is 0 Å². The molecule has 2 aromatic rings. The van der Waals surface area contributed by atoms with Crippen LogP contribution in [0.15, 0.2) is 41.6 Å². The van der Waals surface area contributed by atoms with Crippen LogP contribution in [0.3, 0.4) is 0 Å². The molecule has 0 aliphatic heterocycles. The summed E-state index contributed by atoms with van der Waals surface area (Å²) in [5.74, 6) is 0.859. The summed E-state index contributed by atoms with van der Waals surface area (Å²) in [6.45, 7) is 0.576. The van der Waals surface area contributed by atoms with Crippen molar-refractivity contribution in [1.82, 2.24) is 9.78 Å². The van der Waals surface area contributed by atoms with Crippen LogP contribution in [0, 0.1) is 0 Å². The predicted molar refractivity (Wildman–Crippen MR) is 73.9 cm³/mol. The minimum atomic E-state index is 0.212. The number of thioether (sulfide) groups is 1. The van der Waals surface area contributed by atoms with Crippen LogP contribution in [0.4, 0.5) is 0 Å². The summed E-state index contributed by atoms with van der Waals surface area (Å²) >= 11 is 1.72. The van der Waals surface area contributed by atoms with Crippen molar-refractivity contribution in [3.8, 4) is 5.75 Å². The van der Waals surface area contributed by atoms with E-state index < -0.39 is 0 Å². The molecule has 1 aromatic carbocycles. The molecule has 1 atom stereocenters. The Balaban J connectivity index is 2.17. The fourth-order valence-corrected chi connectivity index (χ4v) is 2.75. The van der Waals surface area contributed by atoms with Crippen LogP contribution in [0.25, 0.3) is 0 Å². The first-order valence-corrected chi connectivity index (χ1v) is 6.60. The molecule has 0 spiro atoms. The van der Waals surface area contributed by atoms with Crippen molar-refractivity contribution < 1.29 is 4.74 Å². The number of ether oxygens (including phenoxy) is 1. The molecule has 1 heterocycles. The zero-order chi connectivity index (χ0) is 13.0. The van der Waals surface area contributed by atoms with Gasteiger partial charge in [-0.25, -0.2) is 0 Å². The quantitative estimate of drug-likeness (QED) is 0.840. The predicted octanol–water partition coefficient (Wildman–Crippen LogP) is 2.22. The molecule has 4 nitrogen and oxygen atoms in total. The summed E-state index contributed by atoms with van der Waals surface area (Å²) < 4.78 is 7.03. The number of nitrogens with zero attached hydrogens (tertiary/aromatic N) is 2. The van der Waals surface area contributed by atoms with Crippen molar-refractivity contribution >= 4 is 11.8 Å². The number of nitrogens with two attached hydrogens (primary N) is 1. The molecule has 0 bridgehead atoms. The number of hydrogen-bond donors (Lipinski definition) is 1. The fourth-order valence-electron chi connectivity index (χ4n) is 1.72. The zero-order valence-corrected chi connectivity index (χ0v) is 11.4. The standard InChI is InChI=1S/C13H17N3OS/c1-16-9-12(8-15-16)18-13(7-14)10-4-3-5-11(6-10)17-2/h3-6,8-9,13H,7,14H2,1-2H3. The molecule has 0 aliphatic rings. The van der Waals surface area contributed by atoms with Crippen molar-refractivity contribution in [1.29, 1.82) is 0 Å². The van der Waals surface area contributed by atoms with E-state index in [0.29, 0.717) is 6.54 Å². The molecule has 1 aromatic heterocycles. The summed E-state index contributed by atoms with van der Waals surface area (Å²) in [5.41, 5.74) is 7.03. The van der Waals surface area contributed by atoms with Crippen LogP contribution in [0.1, 0.15) is 10.8 Å². The lowest BCUT2D eigenvalue weighted by atomic mass is 10.1. The Morgan fingerprint density at radius 3 is 2.94 bits per heavy atom. The molecular formula is C13H17N3OS. The van der Waals surface area contributed by atoms with Gasteiger partial charge in [-0.3, -0.25) is 4.68 Å². The number of rotatable bonds is 5. The second kappa shape index (κ2) is 5.93. The molecule has 18 heavy (non-hydrogen) atoms. The summed E-state index contributed by atoms with van der Waals surface area (Å²) in [4.78, 5) is 1.12. The molecular weight excluding hydrogens is 246 g/mol.